The van der Waals surface area contributed by atoms with Crippen LogP contribution in [-0.2, 0) is 31.9 Å². The van der Waals surface area contributed by atoms with Gasteiger partial charge in [0.25, 0.3) is 0 Å². The first-order chi connectivity index (χ1) is 16.1. The Morgan fingerprint density at radius 1 is 0.743 bits per heavy atom. The standard InChI is InChI=1S/C31H29N2O.Pt/c1-30(2,3)22-9-8-10-23(19-22)31(4,5)27-18-16-21-14-13-20-15-17-25(32-28(20)29(21)33-27)24-11-6-7-12-26(24)34;/h6-9,11-19,34H,1-5H3;/q-1;. The van der Waals surface area contributed by atoms with Crippen LogP contribution in [0.1, 0.15) is 51.4 Å². The van der Waals surface area contributed by atoms with Crippen LogP contribution in [0.3, 0.4) is 0 Å². The summed E-state index contributed by atoms with van der Waals surface area (Å²) in [5, 5.41) is 12.4. The number of aromatic nitrogens is 2. The fraction of sp³-hybridized carbons (Fsp3) is 0.226. The van der Waals surface area contributed by atoms with Crippen molar-refractivity contribution in [1.29, 1.82) is 0 Å². The molecule has 5 aromatic rings. The summed E-state index contributed by atoms with van der Waals surface area (Å²) >= 11 is 0. The monoisotopic (exact) mass is 640 g/mol. The van der Waals surface area contributed by atoms with Gasteiger partial charge in [0.15, 0.2) is 0 Å². The number of fused-ring (bicyclic) bond motifs is 3. The third-order valence-corrected chi connectivity index (χ3v) is 6.68. The van der Waals surface area contributed by atoms with E-state index in [9.17, 15) is 5.11 Å². The van der Waals surface area contributed by atoms with E-state index in [0.29, 0.717) is 5.56 Å². The van der Waals surface area contributed by atoms with E-state index in [0.717, 1.165) is 38.8 Å². The Labute approximate surface area is 221 Å². The molecule has 0 fully saturated rings. The van der Waals surface area contributed by atoms with Gasteiger partial charge >= 0.3 is 0 Å². The second kappa shape index (κ2) is 9.20. The molecule has 3 nitrogen and oxygen atoms in total. The van der Waals surface area contributed by atoms with E-state index in [1.165, 1.54) is 5.56 Å². The maximum absolute atomic E-state index is 10.3. The summed E-state index contributed by atoms with van der Waals surface area (Å²) in [7, 11) is 0. The summed E-state index contributed by atoms with van der Waals surface area (Å²) in [4.78, 5) is 10.1. The Morgan fingerprint density at radius 2 is 1.37 bits per heavy atom. The molecule has 5 rings (SSSR count). The number of para-hydroxylation sites is 1. The molecule has 35 heavy (non-hydrogen) atoms. The minimum atomic E-state index is -0.326. The molecule has 0 unspecified atom stereocenters. The molecule has 0 atom stereocenters. The van der Waals surface area contributed by atoms with E-state index in [2.05, 4.69) is 77.1 Å². The van der Waals surface area contributed by atoms with Crippen LogP contribution in [0, 0.1) is 6.07 Å². The van der Waals surface area contributed by atoms with E-state index in [-0.39, 0.29) is 37.6 Å². The summed E-state index contributed by atoms with van der Waals surface area (Å²) in [6, 6.07) is 29.6. The van der Waals surface area contributed by atoms with Gasteiger partial charge in [0, 0.05) is 48.5 Å². The Balaban J connectivity index is 0.00000289. The maximum atomic E-state index is 10.3. The van der Waals surface area contributed by atoms with Gasteiger partial charge in [-0.05, 0) is 29.7 Å². The normalized spacial score (nSPS) is 12.0. The number of pyridine rings is 2. The zero-order valence-electron chi connectivity index (χ0n) is 20.7. The average Bonchev–Trinajstić information content (AvgIpc) is 2.83. The van der Waals surface area contributed by atoms with E-state index >= 15 is 0 Å². The number of aromatic hydroxyl groups is 1. The van der Waals surface area contributed by atoms with Gasteiger partial charge in [-0.25, -0.2) is 9.97 Å². The van der Waals surface area contributed by atoms with Crippen LogP contribution < -0.4 is 0 Å². The summed E-state index contributed by atoms with van der Waals surface area (Å²) < 4.78 is 0. The summed E-state index contributed by atoms with van der Waals surface area (Å²) in [5.41, 5.74) is 6.27. The van der Waals surface area contributed by atoms with Gasteiger partial charge in [-0.1, -0.05) is 71.0 Å². The van der Waals surface area contributed by atoms with Crippen LogP contribution in [0.15, 0.2) is 78.9 Å². The van der Waals surface area contributed by atoms with Crippen molar-refractivity contribution in [3.8, 4) is 17.0 Å². The number of hydrogen-bond acceptors (Lipinski definition) is 3. The van der Waals surface area contributed by atoms with Gasteiger partial charge in [0.05, 0.1) is 16.7 Å². The maximum Gasteiger partial charge on any atom is 0.124 e. The van der Waals surface area contributed by atoms with E-state index in [1.807, 2.05) is 36.4 Å². The molecule has 0 bridgehead atoms. The van der Waals surface area contributed by atoms with Crippen molar-refractivity contribution in [1.82, 2.24) is 9.97 Å². The molecule has 4 heteroatoms. The minimum Gasteiger partial charge on any atom is -0.507 e. The average molecular weight is 641 g/mol. The van der Waals surface area contributed by atoms with Gasteiger partial charge < -0.3 is 5.11 Å². The number of hydrogen-bond donors (Lipinski definition) is 1. The van der Waals surface area contributed by atoms with Crippen LogP contribution in [0.5, 0.6) is 5.75 Å². The van der Waals surface area contributed by atoms with Gasteiger partial charge in [0.2, 0.25) is 0 Å². The van der Waals surface area contributed by atoms with Crippen LogP contribution in [0.4, 0.5) is 0 Å². The van der Waals surface area contributed by atoms with E-state index in [1.54, 1.807) is 6.07 Å². The van der Waals surface area contributed by atoms with Crippen LogP contribution >= 0.6 is 0 Å². The third-order valence-electron chi connectivity index (χ3n) is 6.68. The molecule has 0 saturated carbocycles. The molecule has 0 aliphatic rings. The fourth-order valence-corrected chi connectivity index (χ4v) is 4.39. The molecule has 0 saturated heterocycles. The molecule has 0 spiro atoms. The fourth-order valence-electron chi connectivity index (χ4n) is 4.39. The zero-order valence-corrected chi connectivity index (χ0v) is 22.9. The molecule has 0 aliphatic carbocycles. The topological polar surface area (TPSA) is 46.0 Å². The number of phenolic OH excluding ortho intramolecular Hbond substituents is 1. The Hall–Kier alpha value is -3.03. The SMILES string of the molecule is CC(C)(C)c1cc[c-]c(C(C)(C)c2ccc3ccc4ccc(-c5ccccc5O)nc4c3n2)c1.[Pt]. The van der Waals surface area contributed by atoms with Crippen molar-refractivity contribution in [3.63, 3.8) is 0 Å². The Kier molecular flexibility index (Phi) is 6.59. The second-order valence-corrected chi connectivity index (χ2v) is 10.5. The molecule has 0 aliphatic heterocycles. The van der Waals surface area contributed by atoms with Crippen molar-refractivity contribution < 1.29 is 26.2 Å². The quantitative estimate of drug-likeness (QED) is 0.164. The molecule has 0 radical (unpaired) electrons. The predicted octanol–water partition coefficient (Wildman–Crippen LogP) is 7.58. The van der Waals surface area contributed by atoms with Crippen LogP contribution in [0.25, 0.3) is 33.1 Å². The zero-order chi connectivity index (χ0) is 24.1. The molecular formula is C31H29N2OPt-. The van der Waals surface area contributed by atoms with Crippen LogP contribution in [-0.4, -0.2) is 15.1 Å². The largest absolute Gasteiger partial charge is 0.507 e. The van der Waals surface area contributed by atoms with Gasteiger partial charge in [-0.15, -0.1) is 0 Å². The molecule has 2 heterocycles. The molecule has 1 N–H and O–H groups in total. The number of rotatable bonds is 3. The predicted molar refractivity (Wildman–Crippen MR) is 140 cm³/mol. The number of nitrogens with zero attached hydrogens (tertiary/aromatic N) is 2. The van der Waals surface area contributed by atoms with Crippen molar-refractivity contribution in [2.45, 2.75) is 45.4 Å². The molecule has 0 amide bonds. The first-order valence-electron chi connectivity index (χ1n) is 11.7. The third kappa shape index (κ3) is 4.62. The summed E-state index contributed by atoms with van der Waals surface area (Å²) in [6.45, 7) is 11.1. The van der Waals surface area contributed by atoms with E-state index < -0.39 is 0 Å². The van der Waals surface area contributed by atoms with Crippen molar-refractivity contribution in [2.24, 2.45) is 0 Å². The van der Waals surface area contributed by atoms with Crippen molar-refractivity contribution >= 4 is 21.8 Å². The second-order valence-electron chi connectivity index (χ2n) is 10.5. The summed E-state index contributed by atoms with van der Waals surface area (Å²) in [5.74, 6) is 0.221. The smallest absolute Gasteiger partial charge is 0.124 e. The molecule has 2 aromatic heterocycles. The van der Waals surface area contributed by atoms with Gasteiger partial charge in [-0.2, -0.15) is 35.4 Å². The van der Waals surface area contributed by atoms with E-state index in [4.69, 9.17) is 9.97 Å². The summed E-state index contributed by atoms with van der Waals surface area (Å²) in [6.07, 6.45) is 0. The minimum absolute atomic E-state index is 0. The van der Waals surface area contributed by atoms with Gasteiger partial charge in [-0.3, -0.25) is 0 Å². The number of phenols is 1. The first kappa shape index (κ1) is 25.1. The number of benzene rings is 3. The Morgan fingerprint density at radius 3 is 2.06 bits per heavy atom. The van der Waals surface area contributed by atoms with Crippen molar-refractivity contribution in [2.75, 3.05) is 0 Å². The molecule has 3 aromatic carbocycles. The van der Waals surface area contributed by atoms with Crippen molar-refractivity contribution in [3.05, 3.63) is 102 Å². The molecular weight excluding hydrogens is 611 g/mol. The Bertz CT molecular complexity index is 1530. The van der Waals surface area contributed by atoms with Gasteiger partial charge in [0.1, 0.15) is 5.75 Å². The molecule has 180 valence electrons. The van der Waals surface area contributed by atoms with Crippen LogP contribution in [0.2, 0.25) is 0 Å². The first-order valence-corrected chi connectivity index (χ1v) is 11.7.